The molecule has 0 unspecified atom stereocenters. The highest BCUT2D eigenvalue weighted by Gasteiger charge is 2.09. The number of thiazole rings is 1. The van der Waals surface area contributed by atoms with Crippen LogP contribution in [0.2, 0.25) is 0 Å². The Balaban J connectivity index is 3.07. The molecule has 0 N–H and O–H groups in total. The molecule has 3 nitrogen and oxygen atoms in total. The van der Waals surface area contributed by atoms with E-state index in [1.807, 2.05) is 0 Å². The molecule has 0 aliphatic carbocycles. The highest BCUT2D eigenvalue weighted by Crippen LogP contribution is 1.97. The van der Waals surface area contributed by atoms with Crippen LogP contribution in [0.25, 0.3) is 10.8 Å². The van der Waals surface area contributed by atoms with Crippen molar-refractivity contribution in [3.05, 3.63) is 15.4 Å². The van der Waals surface area contributed by atoms with Crippen LogP contribution in [-0.4, -0.2) is 13.4 Å². The maximum Gasteiger partial charge on any atom is 0.196 e. The molecule has 2 rings (SSSR count). The molecule has 0 saturated heterocycles. The third kappa shape index (κ3) is 0.783. The van der Waals surface area contributed by atoms with Crippen LogP contribution in [0, 0.1) is 0 Å². The Hall–Kier alpha value is -0.680. The maximum absolute atomic E-state index is 10.8. The molecule has 0 radical (unpaired) electrons. The normalized spacial score (nSPS) is 19.2. The number of rotatable bonds is 0. The number of fused-ring (bicyclic) bond motifs is 1. The van der Waals surface area contributed by atoms with Crippen molar-refractivity contribution in [2.75, 3.05) is 0 Å². The lowest BCUT2D eigenvalue weighted by atomic mass is 10.7. The van der Waals surface area contributed by atoms with E-state index in [2.05, 4.69) is 4.98 Å². The van der Waals surface area contributed by atoms with Crippen LogP contribution in [0.15, 0.2) is 5.51 Å². The topological polar surface area (TPSA) is 47.0 Å². The molecule has 2 heterocycles. The van der Waals surface area contributed by atoms with Gasteiger partial charge >= 0.3 is 0 Å². The quantitative estimate of drug-likeness (QED) is 0.508. The number of aromatic nitrogens is 1. The molecule has 0 bridgehead atoms. The zero-order valence-electron chi connectivity index (χ0n) is 4.81. The van der Waals surface area contributed by atoms with Crippen LogP contribution in [0.4, 0.5) is 0 Å². The molecule has 0 amide bonds. The van der Waals surface area contributed by atoms with Crippen LogP contribution < -0.4 is 9.88 Å². The van der Waals surface area contributed by atoms with Gasteiger partial charge in [-0.05, 0) is 0 Å². The van der Waals surface area contributed by atoms with Crippen molar-refractivity contribution in [2.45, 2.75) is 0 Å². The van der Waals surface area contributed by atoms with Crippen molar-refractivity contribution in [3.8, 4) is 0 Å². The Kier molecular flexibility index (Phi) is 1.01. The van der Waals surface area contributed by atoms with E-state index in [0.29, 0.717) is 5.35 Å². The Morgan fingerprint density at radius 2 is 2.20 bits per heavy atom. The van der Waals surface area contributed by atoms with E-state index < -0.39 is 9.84 Å². The van der Waals surface area contributed by atoms with E-state index in [0.717, 1.165) is 4.53 Å². The fraction of sp³-hybridized carbons (Fsp3) is 0. The summed E-state index contributed by atoms with van der Waals surface area (Å²) in [6, 6.07) is 0. The van der Waals surface area contributed by atoms with E-state index in [1.54, 1.807) is 5.51 Å². The number of sulfone groups is 1. The second kappa shape index (κ2) is 1.67. The maximum atomic E-state index is 10.8. The van der Waals surface area contributed by atoms with Gasteiger partial charge in [0.25, 0.3) is 0 Å². The molecule has 0 aromatic carbocycles. The van der Waals surface area contributed by atoms with E-state index in [4.69, 9.17) is 0 Å². The van der Waals surface area contributed by atoms with Gasteiger partial charge in [-0.3, -0.25) is 0 Å². The minimum atomic E-state index is -3.06. The van der Waals surface area contributed by atoms with Crippen molar-refractivity contribution in [2.24, 2.45) is 0 Å². The predicted octanol–water partition coefficient (Wildman–Crippen LogP) is -0.953. The van der Waals surface area contributed by atoms with Crippen molar-refractivity contribution in [1.29, 1.82) is 0 Å². The number of nitrogens with zero attached hydrogens (tertiary/aromatic N) is 1. The largest absolute Gasteiger partial charge is 0.244 e. The Morgan fingerprint density at radius 1 is 1.40 bits per heavy atom. The molecular formula is C5H3NO2S2. The molecule has 1 aliphatic rings. The molecule has 0 atom stereocenters. The van der Waals surface area contributed by atoms with Gasteiger partial charge < -0.3 is 0 Å². The first-order chi connectivity index (χ1) is 4.67. The molecule has 0 spiro atoms. The molecule has 10 heavy (non-hydrogen) atoms. The summed E-state index contributed by atoms with van der Waals surface area (Å²) in [7, 11) is -3.06. The molecule has 52 valence electrons. The lowest BCUT2D eigenvalue weighted by molar-refractivity contribution is 0.617. The van der Waals surface area contributed by atoms with Gasteiger partial charge in [-0.2, -0.15) is 0 Å². The summed E-state index contributed by atoms with van der Waals surface area (Å²) in [5, 5.41) is 2.99. The molecule has 0 saturated carbocycles. The van der Waals surface area contributed by atoms with E-state index in [1.165, 1.54) is 22.2 Å². The molecule has 1 aromatic rings. The van der Waals surface area contributed by atoms with E-state index in [9.17, 15) is 8.42 Å². The molecule has 1 aliphatic heterocycles. The minimum absolute atomic E-state index is 0.574. The standard InChI is InChI=1S/C5H3NO2S2/c7-10(8)1-4-5(2-10)9-3-6-4/h1-3H. The average molecular weight is 173 g/mol. The summed E-state index contributed by atoms with van der Waals surface area (Å²) in [4.78, 5) is 3.84. The van der Waals surface area contributed by atoms with Crippen LogP contribution in [0.5, 0.6) is 0 Å². The van der Waals surface area contributed by atoms with Crippen LogP contribution in [0.1, 0.15) is 0 Å². The second-order valence-corrected chi connectivity index (χ2v) is 4.46. The summed E-state index contributed by atoms with van der Waals surface area (Å²) in [5.74, 6) is 0. The van der Waals surface area contributed by atoms with Gasteiger partial charge in [0.15, 0.2) is 9.84 Å². The lowest BCUT2D eigenvalue weighted by Crippen LogP contribution is -2.15. The SMILES string of the molecule is O=S1(=O)C=c2ncsc2=C1. The first-order valence-corrected chi connectivity index (χ1v) is 5.04. The highest BCUT2D eigenvalue weighted by atomic mass is 32.2. The summed E-state index contributed by atoms with van der Waals surface area (Å²) in [5.41, 5.74) is 1.63. The molecular weight excluding hydrogens is 170 g/mol. The van der Waals surface area contributed by atoms with Gasteiger partial charge in [0.05, 0.1) is 26.2 Å². The lowest BCUT2D eigenvalue weighted by Gasteiger charge is -1.75. The highest BCUT2D eigenvalue weighted by molar-refractivity contribution is 8.06. The Morgan fingerprint density at radius 3 is 2.90 bits per heavy atom. The average Bonchev–Trinajstić information content (AvgIpc) is 2.20. The first-order valence-electron chi connectivity index (χ1n) is 2.55. The summed E-state index contributed by atoms with van der Waals surface area (Å²) < 4.78 is 22.3. The third-order valence-corrected chi connectivity index (χ3v) is 3.23. The molecule has 5 heteroatoms. The number of hydrogen-bond donors (Lipinski definition) is 0. The zero-order chi connectivity index (χ0) is 7.19. The summed E-state index contributed by atoms with van der Waals surface area (Å²) >= 11 is 1.34. The fourth-order valence-corrected chi connectivity index (χ4v) is 2.98. The van der Waals surface area contributed by atoms with Crippen molar-refractivity contribution in [3.63, 3.8) is 0 Å². The second-order valence-electron chi connectivity index (χ2n) is 1.93. The Bertz CT molecular complexity index is 431. The monoisotopic (exact) mass is 173 g/mol. The van der Waals surface area contributed by atoms with Gasteiger partial charge in [0.2, 0.25) is 0 Å². The van der Waals surface area contributed by atoms with Crippen LogP contribution >= 0.6 is 11.3 Å². The van der Waals surface area contributed by atoms with Gasteiger partial charge in [0, 0.05) is 0 Å². The predicted molar refractivity (Wildman–Crippen MR) is 39.2 cm³/mol. The molecule has 0 fully saturated rings. The smallest absolute Gasteiger partial charge is 0.196 e. The van der Waals surface area contributed by atoms with Gasteiger partial charge in [-0.25, -0.2) is 13.4 Å². The zero-order valence-corrected chi connectivity index (χ0v) is 6.45. The van der Waals surface area contributed by atoms with Crippen molar-refractivity contribution in [1.82, 2.24) is 4.98 Å². The van der Waals surface area contributed by atoms with E-state index >= 15 is 0 Å². The van der Waals surface area contributed by atoms with Crippen LogP contribution in [-0.2, 0) is 9.84 Å². The molecule has 1 aromatic heterocycles. The van der Waals surface area contributed by atoms with Gasteiger partial charge in [-0.1, -0.05) is 0 Å². The van der Waals surface area contributed by atoms with Gasteiger partial charge in [-0.15, -0.1) is 11.3 Å². The van der Waals surface area contributed by atoms with Crippen LogP contribution in [0.3, 0.4) is 0 Å². The fourth-order valence-electron chi connectivity index (χ4n) is 0.779. The van der Waals surface area contributed by atoms with Gasteiger partial charge in [0.1, 0.15) is 0 Å². The minimum Gasteiger partial charge on any atom is -0.244 e. The van der Waals surface area contributed by atoms with Crippen molar-refractivity contribution < 1.29 is 8.42 Å². The number of hydrogen-bond acceptors (Lipinski definition) is 4. The van der Waals surface area contributed by atoms with Crippen molar-refractivity contribution >= 4 is 32.0 Å². The Labute approximate surface area is 61.3 Å². The van der Waals surface area contributed by atoms with E-state index in [-0.39, 0.29) is 0 Å². The third-order valence-electron chi connectivity index (χ3n) is 1.17. The first kappa shape index (κ1) is 6.06. The summed E-state index contributed by atoms with van der Waals surface area (Å²) in [6.45, 7) is 0. The summed E-state index contributed by atoms with van der Waals surface area (Å²) in [6.07, 6.45) is 0.